The largest absolute Gasteiger partial charge is 0.462 e. The van der Waals surface area contributed by atoms with Crippen molar-refractivity contribution in [1.29, 1.82) is 0 Å². The Morgan fingerprint density at radius 3 is 3.10 bits per heavy atom. The van der Waals surface area contributed by atoms with Crippen LogP contribution in [0.2, 0.25) is 0 Å². The highest BCUT2D eigenvalue weighted by Gasteiger charge is 2.22. The van der Waals surface area contributed by atoms with E-state index >= 15 is 0 Å². The fraction of sp³-hybridized carbons (Fsp3) is 0.733. The van der Waals surface area contributed by atoms with Crippen LogP contribution in [-0.4, -0.2) is 53.4 Å². The molecule has 1 unspecified atom stereocenters. The molecule has 0 spiro atoms. The Morgan fingerprint density at radius 1 is 1.52 bits per heavy atom. The van der Waals surface area contributed by atoms with Crippen LogP contribution in [0, 0.1) is 0 Å². The van der Waals surface area contributed by atoms with E-state index in [0.717, 1.165) is 31.7 Å². The summed E-state index contributed by atoms with van der Waals surface area (Å²) in [5.74, 6) is -0.281. The van der Waals surface area contributed by atoms with Crippen molar-refractivity contribution in [3.8, 4) is 0 Å². The van der Waals surface area contributed by atoms with Gasteiger partial charge in [0.15, 0.2) is 0 Å². The minimum Gasteiger partial charge on any atom is -0.462 e. The smallest absolute Gasteiger partial charge is 0.341 e. The number of carbonyl (C=O) groups excluding carboxylic acids is 1. The standard InChI is InChI=1S/C15H26N4O2/c1-4-21-15(20)13-10-17-19(3)14(13)11-18(2)12-6-5-8-16-9-7-12/h10,12,16H,4-9,11H2,1-3H3. The molecule has 1 atom stereocenters. The SMILES string of the molecule is CCOC(=O)c1cnn(C)c1CN(C)C1CCCNCC1. The van der Waals surface area contributed by atoms with E-state index in [1.54, 1.807) is 10.9 Å². The summed E-state index contributed by atoms with van der Waals surface area (Å²) in [6.45, 7) is 5.08. The summed E-state index contributed by atoms with van der Waals surface area (Å²) in [5, 5.41) is 7.64. The molecule has 1 fully saturated rings. The van der Waals surface area contributed by atoms with Gasteiger partial charge in [0.25, 0.3) is 0 Å². The predicted molar refractivity (Wildman–Crippen MR) is 81.1 cm³/mol. The van der Waals surface area contributed by atoms with E-state index in [1.165, 1.54) is 12.8 Å². The Balaban J connectivity index is 2.07. The molecule has 0 radical (unpaired) electrons. The molecule has 1 aromatic heterocycles. The van der Waals surface area contributed by atoms with Crippen molar-refractivity contribution in [2.24, 2.45) is 7.05 Å². The Bertz CT molecular complexity index is 464. The van der Waals surface area contributed by atoms with Gasteiger partial charge >= 0.3 is 5.97 Å². The molecule has 0 aliphatic carbocycles. The average Bonchev–Trinajstić information content (AvgIpc) is 2.69. The zero-order valence-corrected chi connectivity index (χ0v) is 13.3. The Hall–Kier alpha value is -1.40. The minimum atomic E-state index is -0.281. The molecule has 1 saturated heterocycles. The minimum absolute atomic E-state index is 0.281. The third kappa shape index (κ3) is 4.04. The fourth-order valence-corrected chi connectivity index (χ4v) is 2.84. The van der Waals surface area contributed by atoms with Crippen molar-refractivity contribution < 1.29 is 9.53 Å². The molecule has 0 bridgehead atoms. The first-order valence-corrected chi connectivity index (χ1v) is 7.72. The Labute approximate surface area is 126 Å². The number of esters is 1. The van der Waals surface area contributed by atoms with Gasteiger partial charge in [-0.05, 0) is 46.3 Å². The van der Waals surface area contributed by atoms with Crippen LogP contribution in [0.5, 0.6) is 0 Å². The lowest BCUT2D eigenvalue weighted by Gasteiger charge is -2.27. The number of nitrogens with zero attached hydrogens (tertiary/aromatic N) is 3. The van der Waals surface area contributed by atoms with Crippen LogP contribution in [0.3, 0.4) is 0 Å². The Kier molecular flexibility index (Phi) is 5.76. The van der Waals surface area contributed by atoms with Gasteiger partial charge in [0, 0.05) is 19.6 Å². The maximum Gasteiger partial charge on any atom is 0.341 e. The number of carbonyl (C=O) groups is 1. The van der Waals surface area contributed by atoms with E-state index < -0.39 is 0 Å². The van der Waals surface area contributed by atoms with Crippen LogP contribution in [0.15, 0.2) is 6.20 Å². The highest BCUT2D eigenvalue weighted by molar-refractivity contribution is 5.90. The van der Waals surface area contributed by atoms with Crippen molar-refractivity contribution in [2.45, 2.75) is 38.8 Å². The maximum atomic E-state index is 12.0. The molecule has 1 N–H and O–H groups in total. The molecule has 1 aliphatic heterocycles. The zero-order chi connectivity index (χ0) is 15.2. The summed E-state index contributed by atoms with van der Waals surface area (Å²) in [6.07, 6.45) is 5.14. The molecule has 6 nitrogen and oxygen atoms in total. The summed E-state index contributed by atoms with van der Waals surface area (Å²) in [7, 11) is 4.00. The normalized spacial score (nSPS) is 19.5. The topological polar surface area (TPSA) is 59.4 Å². The second-order valence-corrected chi connectivity index (χ2v) is 5.60. The van der Waals surface area contributed by atoms with Gasteiger partial charge in [-0.25, -0.2) is 4.79 Å². The number of nitrogens with one attached hydrogen (secondary N) is 1. The van der Waals surface area contributed by atoms with E-state index in [4.69, 9.17) is 4.74 Å². The second-order valence-electron chi connectivity index (χ2n) is 5.60. The zero-order valence-electron chi connectivity index (χ0n) is 13.3. The van der Waals surface area contributed by atoms with Crippen molar-refractivity contribution in [3.05, 3.63) is 17.5 Å². The van der Waals surface area contributed by atoms with E-state index in [9.17, 15) is 4.79 Å². The van der Waals surface area contributed by atoms with Gasteiger partial charge in [-0.15, -0.1) is 0 Å². The van der Waals surface area contributed by atoms with Crippen molar-refractivity contribution >= 4 is 5.97 Å². The lowest BCUT2D eigenvalue weighted by atomic mass is 10.1. The van der Waals surface area contributed by atoms with E-state index in [-0.39, 0.29) is 5.97 Å². The lowest BCUT2D eigenvalue weighted by Crippen LogP contribution is -2.33. The molecule has 118 valence electrons. The highest BCUT2D eigenvalue weighted by Crippen LogP contribution is 2.17. The molecular weight excluding hydrogens is 268 g/mol. The fourth-order valence-electron chi connectivity index (χ4n) is 2.84. The number of aromatic nitrogens is 2. The van der Waals surface area contributed by atoms with Crippen LogP contribution < -0.4 is 5.32 Å². The maximum absolute atomic E-state index is 12.0. The third-order valence-corrected chi connectivity index (χ3v) is 4.12. The first-order chi connectivity index (χ1) is 10.1. The molecule has 0 amide bonds. The summed E-state index contributed by atoms with van der Waals surface area (Å²) < 4.78 is 6.88. The molecule has 0 saturated carbocycles. The number of aryl methyl sites for hydroxylation is 1. The quantitative estimate of drug-likeness (QED) is 0.826. The van der Waals surface area contributed by atoms with Gasteiger partial charge < -0.3 is 10.1 Å². The van der Waals surface area contributed by atoms with Crippen LogP contribution in [0.4, 0.5) is 0 Å². The number of hydrogen-bond donors (Lipinski definition) is 1. The van der Waals surface area contributed by atoms with Gasteiger partial charge in [-0.1, -0.05) is 0 Å². The molecule has 21 heavy (non-hydrogen) atoms. The molecule has 2 heterocycles. The Morgan fingerprint density at radius 2 is 2.33 bits per heavy atom. The summed E-state index contributed by atoms with van der Waals surface area (Å²) in [4.78, 5) is 14.3. The van der Waals surface area contributed by atoms with Gasteiger partial charge in [-0.2, -0.15) is 5.10 Å². The second kappa shape index (κ2) is 7.56. The third-order valence-electron chi connectivity index (χ3n) is 4.12. The van der Waals surface area contributed by atoms with Crippen molar-refractivity contribution in [2.75, 3.05) is 26.7 Å². The van der Waals surface area contributed by atoms with Crippen LogP contribution in [-0.2, 0) is 18.3 Å². The van der Waals surface area contributed by atoms with E-state index in [1.807, 2.05) is 14.0 Å². The lowest BCUT2D eigenvalue weighted by molar-refractivity contribution is 0.0523. The van der Waals surface area contributed by atoms with Crippen LogP contribution in [0.25, 0.3) is 0 Å². The number of hydrogen-bond acceptors (Lipinski definition) is 5. The average molecular weight is 294 g/mol. The van der Waals surface area contributed by atoms with Crippen LogP contribution in [0.1, 0.15) is 42.2 Å². The molecular formula is C15H26N4O2. The van der Waals surface area contributed by atoms with Gasteiger partial charge in [0.05, 0.1) is 18.5 Å². The predicted octanol–water partition coefficient (Wildman–Crippen LogP) is 1.17. The first kappa shape index (κ1) is 16.0. The molecule has 1 aliphatic rings. The van der Waals surface area contributed by atoms with Crippen molar-refractivity contribution in [1.82, 2.24) is 20.0 Å². The first-order valence-electron chi connectivity index (χ1n) is 7.72. The molecule has 6 heteroatoms. The van der Waals surface area contributed by atoms with Crippen LogP contribution >= 0.6 is 0 Å². The molecule has 0 aromatic carbocycles. The van der Waals surface area contributed by atoms with Gasteiger partial charge in [-0.3, -0.25) is 9.58 Å². The van der Waals surface area contributed by atoms with E-state index in [0.29, 0.717) is 18.2 Å². The van der Waals surface area contributed by atoms with E-state index in [2.05, 4.69) is 22.4 Å². The monoisotopic (exact) mass is 294 g/mol. The van der Waals surface area contributed by atoms with Crippen molar-refractivity contribution in [3.63, 3.8) is 0 Å². The van der Waals surface area contributed by atoms with Gasteiger partial charge in [0.1, 0.15) is 5.56 Å². The molecule has 1 aromatic rings. The van der Waals surface area contributed by atoms with Gasteiger partial charge in [0.2, 0.25) is 0 Å². The summed E-state index contributed by atoms with van der Waals surface area (Å²) in [6, 6.07) is 0.546. The number of rotatable bonds is 5. The summed E-state index contributed by atoms with van der Waals surface area (Å²) in [5.41, 5.74) is 1.51. The number of ether oxygens (including phenoxy) is 1. The highest BCUT2D eigenvalue weighted by atomic mass is 16.5. The summed E-state index contributed by atoms with van der Waals surface area (Å²) >= 11 is 0. The molecule has 2 rings (SSSR count).